The maximum atomic E-state index is 11.2. The summed E-state index contributed by atoms with van der Waals surface area (Å²) in [6.07, 6.45) is 7.09. The van der Waals surface area contributed by atoms with E-state index in [0.29, 0.717) is 24.8 Å². The second-order valence-corrected chi connectivity index (χ2v) is 5.48. The Kier molecular flexibility index (Phi) is 4.97. The molecule has 0 bridgehead atoms. The quantitative estimate of drug-likeness (QED) is 0.627. The number of primary amides is 1. The molecule has 0 aromatic carbocycles. The zero-order valence-electron chi connectivity index (χ0n) is 11.6. The van der Waals surface area contributed by atoms with Gasteiger partial charge >= 0.3 is 0 Å². The maximum absolute atomic E-state index is 11.2. The monoisotopic (exact) mass is 281 g/mol. The Morgan fingerprint density at radius 3 is 2.80 bits per heavy atom. The van der Waals surface area contributed by atoms with Crippen LogP contribution >= 0.6 is 0 Å². The standard InChI is InChI=1S/C13H23N5O2/c14-10-5-16-18(6-10)8-12(19)7-17(9-13(15)20)11-3-1-2-4-11/h5-6,11-12,19H,1-4,7-9,14H2,(H2,15,20). The molecule has 0 radical (unpaired) electrons. The molecule has 2 rings (SSSR count). The first kappa shape index (κ1) is 14.8. The minimum absolute atomic E-state index is 0.197. The molecule has 1 aliphatic rings. The highest BCUT2D eigenvalue weighted by atomic mass is 16.3. The van der Waals surface area contributed by atoms with Gasteiger partial charge in [0.25, 0.3) is 0 Å². The van der Waals surface area contributed by atoms with Crippen molar-refractivity contribution in [3.63, 3.8) is 0 Å². The van der Waals surface area contributed by atoms with E-state index in [1.807, 2.05) is 4.90 Å². The molecule has 7 heteroatoms. The first-order valence-corrected chi connectivity index (χ1v) is 7.03. The number of nitrogens with zero attached hydrogens (tertiary/aromatic N) is 3. The van der Waals surface area contributed by atoms with Gasteiger partial charge in [-0.15, -0.1) is 0 Å². The van der Waals surface area contributed by atoms with Crippen molar-refractivity contribution in [1.29, 1.82) is 0 Å². The van der Waals surface area contributed by atoms with Crippen LogP contribution in [0.1, 0.15) is 25.7 Å². The summed E-state index contributed by atoms with van der Waals surface area (Å²) in [7, 11) is 0. The summed E-state index contributed by atoms with van der Waals surface area (Å²) in [5, 5.41) is 14.2. The molecular weight excluding hydrogens is 258 g/mol. The van der Waals surface area contributed by atoms with Gasteiger partial charge in [0.15, 0.2) is 0 Å². The van der Waals surface area contributed by atoms with Crippen molar-refractivity contribution in [1.82, 2.24) is 14.7 Å². The van der Waals surface area contributed by atoms with Gasteiger partial charge in [-0.25, -0.2) is 0 Å². The molecule has 1 aromatic rings. The SMILES string of the molecule is NC(=O)CN(CC(O)Cn1cc(N)cn1)C1CCCC1. The summed E-state index contributed by atoms with van der Waals surface area (Å²) in [4.78, 5) is 13.2. The van der Waals surface area contributed by atoms with Crippen molar-refractivity contribution < 1.29 is 9.90 Å². The number of nitrogen functional groups attached to an aromatic ring is 1. The van der Waals surface area contributed by atoms with Crippen molar-refractivity contribution in [2.75, 3.05) is 18.8 Å². The smallest absolute Gasteiger partial charge is 0.231 e. The van der Waals surface area contributed by atoms with E-state index in [-0.39, 0.29) is 12.5 Å². The summed E-state index contributed by atoms with van der Waals surface area (Å²) in [5.41, 5.74) is 11.5. The van der Waals surface area contributed by atoms with Crippen LogP contribution in [-0.4, -0.2) is 50.9 Å². The van der Waals surface area contributed by atoms with E-state index in [1.165, 1.54) is 12.8 Å². The Hall–Kier alpha value is -1.60. The van der Waals surface area contributed by atoms with Gasteiger partial charge in [0, 0.05) is 18.8 Å². The van der Waals surface area contributed by atoms with Crippen LogP contribution in [0.4, 0.5) is 5.69 Å². The molecule has 20 heavy (non-hydrogen) atoms. The molecule has 0 aliphatic heterocycles. The fourth-order valence-electron chi connectivity index (χ4n) is 2.84. The molecule has 1 aliphatic carbocycles. The average Bonchev–Trinajstić information content (AvgIpc) is 2.99. The fraction of sp³-hybridized carbons (Fsp3) is 0.692. The van der Waals surface area contributed by atoms with E-state index < -0.39 is 6.10 Å². The molecule has 1 unspecified atom stereocenters. The Morgan fingerprint density at radius 2 is 2.25 bits per heavy atom. The largest absolute Gasteiger partial charge is 0.396 e. The number of aliphatic hydroxyl groups is 1. The third-order valence-corrected chi connectivity index (χ3v) is 3.70. The second-order valence-electron chi connectivity index (χ2n) is 5.48. The molecule has 1 atom stereocenters. The Labute approximate surface area is 118 Å². The lowest BCUT2D eigenvalue weighted by atomic mass is 10.2. The minimum atomic E-state index is -0.603. The molecule has 1 heterocycles. The number of amides is 1. The second kappa shape index (κ2) is 6.71. The summed E-state index contributed by atoms with van der Waals surface area (Å²) < 4.78 is 1.61. The molecule has 0 saturated heterocycles. The summed E-state index contributed by atoms with van der Waals surface area (Å²) in [6, 6.07) is 0.347. The minimum Gasteiger partial charge on any atom is -0.396 e. The van der Waals surface area contributed by atoms with Gasteiger partial charge in [-0.05, 0) is 12.8 Å². The predicted molar refractivity (Wildman–Crippen MR) is 75.7 cm³/mol. The predicted octanol–water partition coefficient (Wildman–Crippen LogP) is -0.444. The van der Waals surface area contributed by atoms with Crippen molar-refractivity contribution in [3.05, 3.63) is 12.4 Å². The first-order valence-electron chi connectivity index (χ1n) is 7.03. The van der Waals surface area contributed by atoms with Crippen molar-refractivity contribution in [3.8, 4) is 0 Å². The molecule has 1 saturated carbocycles. The molecule has 1 amide bonds. The van der Waals surface area contributed by atoms with Crippen LogP contribution in [0.15, 0.2) is 12.4 Å². The summed E-state index contributed by atoms with van der Waals surface area (Å²) in [6.45, 7) is 0.982. The zero-order valence-corrected chi connectivity index (χ0v) is 11.6. The lowest BCUT2D eigenvalue weighted by Crippen LogP contribution is -2.45. The van der Waals surface area contributed by atoms with E-state index in [4.69, 9.17) is 11.5 Å². The van der Waals surface area contributed by atoms with E-state index in [9.17, 15) is 9.90 Å². The van der Waals surface area contributed by atoms with Gasteiger partial charge in [-0.3, -0.25) is 14.4 Å². The molecule has 1 fully saturated rings. The average molecular weight is 281 g/mol. The number of aliphatic hydroxyl groups excluding tert-OH is 1. The van der Waals surface area contributed by atoms with Crippen molar-refractivity contribution in [2.24, 2.45) is 5.73 Å². The van der Waals surface area contributed by atoms with E-state index in [1.54, 1.807) is 17.1 Å². The topological polar surface area (TPSA) is 110 Å². The number of hydrogen-bond acceptors (Lipinski definition) is 5. The third-order valence-electron chi connectivity index (χ3n) is 3.70. The van der Waals surface area contributed by atoms with Gasteiger partial charge in [0.1, 0.15) is 0 Å². The number of anilines is 1. The highest BCUT2D eigenvalue weighted by Crippen LogP contribution is 2.23. The van der Waals surface area contributed by atoms with E-state index >= 15 is 0 Å². The van der Waals surface area contributed by atoms with E-state index in [0.717, 1.165) is 12.8 Å². The van der Waals surface area contributed by atoms with E-state index in [2.05, 4.69) is 5.10 Å². The van der Waals surface area contributed by atoms with Crippen LogP contribution in [0.5, 0.6) is 0 Å². The van der Waals surface area contributed by atoms with Crippen LogP contribution in [0.3, 0.4) is 0 Å². The van der Waals surface area contributed by atoms with Crippen LogP contribution in [-0.2, 0) is 11.3 Å². The fourth-order valence-corrected chi connectivity index (χ4v) is 2.84. The van der Waals surface area contributed by atoms with Crippen molar-refractivity contribution in [2.45, 2.75) is 44.4 Å². The van der Waals surface area contributed by atoms with Gasteiger partial charge < -0.3 is 16.6 Å². The Morgan fingerprint density at radius 1 is 1.55 bits per heavy atom. The Balaban J connectivity index is 1.90. The number of nitrogens with two attached hydrogens (primary N) is 2. The number of carbonyl (C=O) groups is 1. The maximum Gasteiger partial charge on any atom is 0.231 e. The molecule has 112 valence electrons. The number of hydrogen-bond donors (Lipinski definition) is 3. The lowest BCUT2D eigenvalue weighted by molar-refractivity contribution is -0.120. The Bertz CT molecular complexity index is 442. The number of rotatable bonds is 7. The molecular formula is C13H23N5O2. The zero-order chi connectivity index (χ0) is 14.5. The van der Waals surface area contributed by atoms with Crippen LogP contribution < -0.4 is 11.5 Å². The first-order chi connectivity index (χ1) is 9.54. The third kappa shape index (κ3) is 4.21. The van der Waals surface area contributed by atoms with Crippen LogP contribution in [0.2, 0.25) is 0 Å². The van der Waals surface area contributed by atoms with Gasteiger partial charge in [-0.1, -0.05) is 12.8 Å². The van der Waals surface area contributed by atoms with Crippen LogP contribution in [0, 0.1) is 0 Å². The summed E-state index contributed by atoms with van der Waals surface area (Å²) in [5.74, 6) is -0.354. The normalized spacial score (nSPS) is 17.7. The van der Waals surface area contributed by atoms with Gasteiger partial charge in [0.2, 0.25) is 5.91 Å². The highest BCUT2D eigenvalue weighted by molar-refractivity contribution is 5.75. The molecule has 7 nitrogen and oxygen atoms in total. The molecule has 1 aromatic heterocycles. The lowest BCUT2D eigenvalue weighted by Gasteiger charge is -2.29. The molecule has 0 spiro atoms. The number of aromatic nitrogens is 2. The van der Waals surface area contributed by atoms with Crippen molar-refractivity contribution >= 4 is 11.6 Å². The highest BCUT2D eigenvalue weighted by Gasteiger charge is 2.25. The van der Waals surface area contributed by atoms with Gasteiger partial charge in [-0.2, -0.15) is 5.10 Å². The summed E-state index contributed by atoms with van der Waals surface area (Å²) >= 11 is 0. The molecule has 5 N–H and O–H groups in total. The number of carbonyl (C=O) groups excluding carboxylic acids is 1. The van der Waals surface area contributed by atoms with Gasteiger partial charge in [0.05, 0.1) is 31.1 Å². The van der Waals surface area contributed by atoms with Crippen LogP contribution in [0.25, 0.3) is 0 Å².